The molecule has 0 saturated carbocycles. The molecule has 1 aliphatic rings. The lowest BCUT2D eigenvalue weighted by atomic mass is 9.94. The topological polar surface area (TPSA) is 3.88 Å². The van der Waals surface area contributed by atoms with Gasteiger partial charge in [-0.25, -0.2) is 8.96 Å². The minimum Gasteiger partial charge on any atom is -0.206 e. The molecule has 3 heteroatoms. The van der Waals surface area contributed by atoms with Crippen molar-refractivity contribution in [3.63, 3.8) is 0 Å². The van der Waals surface area contributed by atoms with Crippen molar-refractivity contribution in [2.24, 2.45) is 7.05 Å². The molecule has 0 unspecified atom stereocenters. The van der Waals surface area contributed by atoms with Gasteiger partial charge in [-0.3, -0.25) is 0 Å². The van der Waals surface area contributed by atoms with Crippen LogP contribution in [0.15, 0.2) is 103 Å². The SMILES string of the molecule is Cc1ccc2c(c1-c1cccc[n+]1C)[Si](C)(C)c1c-2ccc(F)c1-c1cccc(-c2ccccc2)c1. The summed E-state index contributed by atoms with van der Waals surface area (Å²) in [5, 5.41) is 2.61. The van der Waals surface area contributed by atoms with Gasteiger partial charge in [0.05, 0.1) is 0 Å². The van der Waals surface area contributed by atoms with Gasteiger partial charge >= 0.3 is 0 Å². The minimum atomic E-state index is -2.27. The quantitative estimate of drug-likeness (QED) is 0.196. The summed E-state index contributed by atoms with van der Waals surface area (Å²) in [4.78, 5) is 0. The Morgan fingerprint density at radius 3 is 2.03 bits per heavy atom. The zero-order valence-electron chi connectivity index (χ0n) is 21.1. The third-order valence-electron chi connectivity index (χ3n) is 7.68. The number of rotatable bonds is 3. The van der Waals surface area contributed by atoms with Gasteiger partial charge < -0.3 is 0 Å². The Kier molecular flexibility index (Phi) is 5.27. The second kappa shape index (κ2) is 8.39. The van der Waals surface area contributed by atoms with Crippen LogP contribution < -0.4 is 14.9 Å². The normalized spacial score (nSPS) is 13.4. The summed E-state index contributed by atoms with van der Waals surface area (Å²) in [6.07, 6.45) is 2.10. The van der Waals surface area contributed by atoms with E-state index in [-0.39, 0.29) is 5.82 Å². The molecule has 0 spiro atoms. The molecule has 176 valence electrons. The molecule has 0 aliphatic carbocycles. The van der Waals surface area contributed by atoms with E-state index < -0.39 is 8.07 Å². The first-order chi connectivity index (χ1) is 17.4. The predicted molar refractivity (Wildman–Crippen MR) is 151 cm³/mol. The number of hydrogen-bond acceptors (Lipinski definition) is 0. The lowest BCUT2D eigenvalue weighted by molar-refractivity contribution is -0.660. The van der Waals surface area contributed by atoms with Gasteiger partial charge in [0.15, 0.2) is 6.20 Å². The van der Waals surface area contributed by atoms with Crippen LogP contribution in [0.2, 0.25) is 13.1 Å². The molecular formula is C33H29FNSi+. The molecule has 0 atom stereocenters. The van der Waals surface area contributed by atoms with Gasteiger partial charge in [0.25, 0.3) is 0 Å². The number of nitrogens with zero attached hydrogens (tertiary/aromatic N) is 1. The molecule has 6 rings (SSSR count). The summed E-state index contributed by atoms with van der Waals surface area (Å²) in [5.41, 5.74) is 10.2. The fourth-order valence-electron chi connectivity index (χ4n) is 6.04. The second-order valence-electron chi connectivity index (χ2n) is 10.3. The summed E-state index contributed by atoms with van der Waals surface area (Å²) in [5.74, 6) is -0.143. The Morgan fingerprint density at radius 2 is 1.28 bits per heavy atom. The van der Waals surface area contributed by atoms with Crippen LogP contribution in [0.5, 0.6) is 0 Å². The maximum absolute atomic E-state index is 15.8. The van der Waals surface area contributed by atoms with Gasteiger partial charge in [-0.05, 0) is 68.9 Å². The number of pyridine rings is 1. The van der Waals surface area contributed by atoms with E-state index >= 15 is 4.39 Å². The Morgan fingerprint density at radius 1 is 0.639 bits per heavy atom. The van der Waals surface area contributed by atoms with Gasteiger partial charge in [0, 0.05) is 23.3 Å². The van der Waals surface area contributed by atoms with Crippen LogP contribution in [0.25, 0.3) is 44.6 Å². The Bertz CT molecular complexity index is 1640. The molecule has 0 fully saturated rings. The smallest absolute Gasteiger partial charge is 0.206 e. The van der Waals surface area contributed by atoms with E-state index in [0.717, 1.165) is 22.3 Å². The molecule has 1 aliphatic heterocycles. The van der Waals surface area contributed by atoms with Gasteiger partial charge in [-0.1, -0.05) is 79.8 Å². The number of halogens is 1. The lowest BCUT2D eigenvalue weighted by Crippen LogP contribution is -2.52. The fourth-order valence-corrected chi connectivity index (χ4v) is 9.91. The summed E-state index contributed by atoms with van der Waals surface area (Å²) < 4.78 is 18.0. The van der Waals surface area contributed by atoms with E-state index in [1.54, 1.807) is 6.07 Å². The molecule has 0 saturated heterocycles. The van der Waals surface area contributed by atoms with E-state index in [4.69, 9.17) is 0 Å². The second-order valence-corrected chi connectivity index (χ2v) is 14.5. The standard InChI is InChI=1S/C33H29FNSi/c1-22-16-17-26-27-18-19-28(34)31(25-14-10-13-24(21-25)23-11-6-5-7-12-23)33(27)36(3,4)32(26)30(22)29-15-8-9-20-35(29)2/h5-21H,1-4H3/q+1. The highest BCUT2D eigenvalue weighted by molar-refractivity contribution is 7.05. The molecule has 0 radical (unpaired) electrons. The zero-order chi connectivity index (χ0) is 25.0. The van der Waals surface area contributed by atoms with E-state index in [0.29, 0.717) is 0 Å². The van der Waals surface area contributed by atoms with Gasteiger partial charge in [-0.2, -0.15) is 0 Å². The maximum Gasteiger partial charge on any atom is 0.212 e. The van der Waals surface area contributed by atoms with E-state index in [1.165, 1.54) is 38.3 Å². The van der Waals surface area contributed by atoms with Crippen LogP contribution >= 0.6 is 0 Å². The molecule has 0 amide bonds. The Hall–Kier alpha value is -3.82. The fraction of sp³-hybridized carbons (Fsp3) is 0.121. The average molecular weight is 487 g/mol. The highest BCUT2D eigenvalue weighted by Crippen LogP contribution is 2.39. The van der Waals surface area contributed by atoms with Crippen molar-refractivity contribution in [1.82, 2.24) is 0 Å². The molecule has 2 heterocycles. The predicted octanol–water partition coefficient (Wildman–Crippen LogP) is 6.76. The molecular weight excluding hydrogens is 457 g/mol. The summed E-state index contributed by atoms with van der Waals surface area (Å²) in [7, 11) is -0.170. The van der Waals surface area contributed by atoms with Crippen molar-refractivity contribution in [2.45, 2.75) is 20.0 Å². The Labute approximate surface area is 213 Å². The zero-order valence-corrected chi connectivity index (χ0v) is 22.1. The van der Waals surface area contributed by atoms with Crippen molar-refractivity contribution in [3.05, 3.63) is 115 Å². The molecule has 36 heavy (non-hydrogen) atoms. The highest BCUT2D eigenvalue weighted by atomic mass is 28.3. The van der Waals surface area contributed by atoms with Crippen LogP contribution in [0.3, 0.4) is 0 Å². The highest BCUT2D eigenvalue weighted by Gasteiger charge is 2.43. The van der Waals surface area contributed by atoms with Crippen molar-refractivity contribution >= 4 is 18.4 Å². The van der Waals surface area contributed by atoms with E-state index in [1.807, 2.05) is 30.3 Å². The monoisotopic (exact) mass is 486 g/mol. The van der Waals surface area contributed by atoms with Gasteiger partial charge in [0.1, 0.15) is 20.9 Å². The first-order valence-electron chi connectivity index (χ1n) is 12.5. The molecule has 4 aromatic carbocycles. The molecule has 0 bridgehead atoms. The number of fused-ring (bicyclic) bond motifs is 3. The van der Waals surface area contributed by atoms with Crippen molar-refractivity contribution in [1.29, 1.82) is 0 Å². The van der Waals surface area contributed by atoms with Gasteiger partial charge in [0.2, 0.25) is 5.69 Å². The summed E-state index contributed by atoms with van der Waals surface area (Å²) in [6.45, 7) is 6.96. The van der Waals surface area contributed by atoms with Crippen molar-refractivity contribution in [2.75, 3.05) is 0 Å². The average Bonchev–Trinajstić information content (AvgIpc) is 3.12. The third-order valence-corrected chi connectivity index (χ3v) is 11.2. The maximum atomic E-state index is 15.8. The molecule has 1 nitrogen and oxygen atoms in total. The van der Waals surface area contributed by atoms with Gasteiger partial charge in [-0.15, -0.1) is 0 Å². The van der Waals surface area contributed by atoms with E-state index in [9.17, 15) is 0 Å². The van der Waals surface area contributed by atoms with Crippen LogP contribution in [0.1, 0.15) is 5.56 Å². The first-order valence-corrected chi connectivity index (χ1v) is 15.5. The van der Waals surface area contributed by atoms with Crippen LogP contribution in [0, 0.1) is 12.7 Å². The number of aromatic nitrogens is 1. The van der Waals surface area contributed by atoms with Crippen LogP contribution in [-0.4, -0.2) is 8.07 Å². The Balaban J connectivity index is 1.62. The van der Waals surface area contributed by atoms with Crippen molar-refractivity contribution in [3.8, 4) is 44.6 Å². The minimum absolute atomic E-state index is 0.143. The number of benzene rings is 4. The largest absolute Gasteiger partial charge is 0.212 e. The molecule has 0 N–H and O–H groups in total. The third kappa shape index (κ3) is 3.38. The van der Waals surface area contributed by atoms with E-state index in [2.05, 4.69) is 98.5 Å². The lowest BCUT2D eigenvalue weighted by Gasteiger charge is -2.25. The summed E-state index contributed by atoms with van der Waals surface area (Å²) in [6, 6.07) is 33.2. The first kappa shape index (κ1) is 22.6. The summed E-state index contributed by atoms with van der Waals surface area (Å²) >= 11 is 0. The van der Waals surface area contributed by atoms with Crippen molar-refractivity contribution < 1.29 is 8.96 Å². The molecule has 1 aromatic heterocycles. The van der Waals surface area contributed by atoms with Crippen LogP contribution in [0.4, 0.5) is 4.39 Å². The molecule has 5 aromatic rings. The number of hydrogen-bond donors (Lipinski definition) is 0. The number of aryl methyl sites for hydroxylation is 2. The van der Waals surface area contributed by atoms with Crippen LogP contribution in [-0.2, 0) is 7.05 Å².